The minimum absolute atomic E-state index is 0.0267. The molecule has 1 aromatic rings. The highest BCUT2D eigenvalue weighted by Crippen LogP contribution is 2.43. The summed E-state index contributed by atoms with van der Waals surface area (Å²) in [5, 5.41) is 29.3. The summed E-state index contributed by atoms with van der Waals surface area (Å²) < 4.78 is 5.90. The zero-order valence-corrected chi connectivity index (χ0v) is 23.9. The number of carbonyl (C=O) groups excluding carboxylic acids is 3. The van der Waals surface area contributed by atoms with E-state index in [0.29, 0.717) is 25.3 Å². The molecule has 9 N–H and O–H groups in total. The van der Waals surface area contributed by atoms with E-state index in [2.05, 4.69) is 34.5 Å². The van der Waals surface area contributed by atoms with Gasteiger partial charge in [0.2, 0.25) is 11.7 Å². The van der Waals surface area contributed by atoms with Gasteiger partial charge in [0, 0.05) is 12.1 Å². The lowest BCUT2D eigenvalue weighted by atomic mass is 9.79. The van der Waals surface area contributed by atoms with Crippen molar-refractivity contribution in [1.82, 2.24) is 25.3 Å². The van der Waals surface area contributed by atoms with Gasteiger partial charge in [-0.15, -0.1) is 0 Å². The van der Waals surface area contributed by atoms with Crippen molar-refractivity contribution >= 4 is 29.8 Å². The first-order chi connectivity index (χ1) is 19.8. The summed E-state index contributed by atoms with van der Waals surface area (Å²) in [7, 11) is 0. The van der Waals surface area contributed by atoms with Crippen LogP contribution in [0.4, 0.5) is 4.79 Å². The van der Waals surface area contributed by atoms with Crippen molar-refractivity contribution in [2.24, 2.45) is 16.5 Å². The van der Waals surface area contributed by atoms with Crippen molar-refractivity contribution in [3.8, 4) is 5.75 Å². The molecule has 15 nitrogen and oxygen atoms in total. The summed E-state index contributed by atoms with van der Waals surface area (Å²) in [6.07, 6.45) is 1.49. The van der Waals surface area contributed by atoms with Gasteiger partial charge < -0.3 is 30.9 Å². The van der Waals surface area contributed by atoms with E-state index < -0.39 is 41.5 Å². The van der Waals surface area contributed by atoms with Crippen LogP contribution in [0.1, 0.15) is 49.5 Å². The Morgan fingerprint density at radius 3 is 2.79 bits per heavy atom. The quantitative estimate of drug-likeness (QED) is 0.128. The number of nitrogens with zero attached hydrogens (tertiary/aromatic N) is 4. The third kappa shape index (κ3) is 3.90. The lowest BCUT2D eigenvalue weighted by Crippen LogP contribution is -2.90. The fourth-order valence-corrected chi connectivity index (χ4v) is 6.91. The van der Waals surface area contributed by atoms with E-state index in [1.54, 1.807) is 12.1 Å². The van der Waals surface area contributed by atoms with Gasteiger partial charge in [0.25, 0.3) is 11.6 Å². The lowest BCUT2D eigenvalue weighted by Gasteiger charge is -2.46. The highest BCUT2D eigenvalue weighted by atomic mass is 16.5. The summed E-state index contributed by atoms with van der Waals surface area (Å²) in [4.78, 5) is 50.8. The van der Waals surface area contributed by atoms with Gasteiger partial charge in [0.1, 0.15) is 24.4 Å². The van der Waals surface area contributed by atoms with Crippen LogP contribution in [0.2, 0.25) is 0 Å². The molecule has 2 fully saturated rings. The molecule has 5 aliphatic rings. The molecule has 0 aromatic heterocycles. The Morgan fingerprint density at radius 1 is 1.29 bits per heavy atom. The third-order valence-corrected chi connectivity index (χ3v) is 9.14. The number of guanidine groups is 2. The molecule has 2 saturated heterocycles. The maximum absolute atomic E-state index is 13.6. The normalized spacial score (nSPS) is 30.6. The number of fused-ring (bicyclic) bond motifs is 1. The number of rotatable bonds is 6. The van der Waals surface area contributed by atoms with Crippen molar-refractivity contribution in [3.63, 3.8) is 0 Å². The van der Waals surface area contributed by atoms with Crippen molar-refractivity contribution in [3.05, 3.63) is 29.3 Å². The standard InChI is InChI=1S/C27H37N9O6/c1-4-9-34-13-18(37)35(24(34)39)11-16-20-26(33-22(28)32-20)27(40,41)17(12-36(26)23(29)30-16)31-21(38)14-6-5-7-15-19(14)42-10-8-25(15,2)3/h5-7,16-17,20,40-41H,4,8-13H2,1-3H3,(H2,29,30)(H,31,38)(H3,28,32,33)/p+1/t16-,17?,20-,26-/m0/s1. The fourth-order valence-electron chi connectivity index (χ4n) is 6.91. The number of carbonyl (C=O) groups is 3. The molecular formula is C27H38N9O6+. The average Bonchev–Trinajstić information content (AvgIpc) is 3.49. The van der Waals surface area contributed by atoms with Crippen LogP contribution < -0.4 is 31.8 Å². The van der Waals surface area contributed by atoms with Gasteiger partial charge in [0.15, 0.2) is 12.0 Å². The summed E-state index contributed by atoms with van der Waals surface area (Å²) in [6.45, 7) is 6.65. The van der Waals surface area contributed by atoms with Crippen LogP contribution in [-0.4, -0.2) is 117 Å². The van der Waals surface area contributed by atoms with Crippen molar-refractivity contribution in [1.29, 1.82) is 0 Å². The van der Waals surface area contributed by atoms with E-state index in [0.717, 1.165) is 16.9 Å². The number of imide groups is 1. The average molecular weight is 585 g/mol. The maximum Gasteiger partial charge on any atom is 0.343 e. The van der Waals surface area contributed by atoms with E-state index in [-0.39, 0.29) is 48.4 Å². The molecule has 15 heteroatoms. The first-order valence-electron chi connectivity index (χ1n) is 14.2. The summed E-state index contributed by atoms with van der Waals surface area (Å²) >= 11 is 0. The topological polar surface area (TPSA) is 213 Å². The number of hydrogen-bond donors (Lipinski definition) is 7. The van der Waals surface area contributed by atoms with E-state index in [9.17, 15) is 24.6 Å². The number of nitrogens with one attached hydrogen (secondary N) is 3. The molecule has 5 aliphatic heterocycles. The smallest absolute Gasteiger partial charge is 0.343 e. The molecule has 4 atom stereocenters. The zero-order valence-electron chi connectivity index (χ0n) is 23.9. The number of para-hydroxylation sites is 1. The number of aliphatic hydroxyl groups is 2. The van der Waals surface area contributed by atoms with Crippen LogP contribution in [0, 0.1) is 0 Å². The highest BCUT2D eigenvalue weighted by Gasteiger charge is 2.76. The molecule has 0 saturated carbocycles. The highest BCUT2D eigenvalue weighted by molar-refractivity contribution is 6.02. The van der Waals surface area contributed by atoms with Crippen LogP contribution in [0.25, 0.3) is 0 Å². The fraction of sp³-hybridized carbons (Fsp3) is 0.593. The number of ether oxygens (including phenoxy) is 1. The Hall–Kier alpha value is -4.11. The number of urea groups is 1. The Labute approximate surface area is 242 Å². The van der Waals surface area contributed by atoms with Crippen LogP contribution >= 0.6 is 0 Å². The Balaban J connectivity index is 1.29. The molecule has 6 rings (SSSR count). The zero-order chi connectivity index (χ0) is 30.2. The molecular weight excluding hydrogens is 546 g/mol. The van der Waals surface area contributed by atoms with Crippen molar-refractivity contribution in [2.75, 3.05) is 32.8 Å². The predicted octanol–water partition coefficient (Wildman–Crippen LogP) is -3.72. The van der Waals surface area contributed by atoms with Gasteiger partial charge in [-0.2, -0.15) is 0 Å². The summed E-state index contributed by atoms with van der Waals surface area (Å²) in [5.41, 5.74) is 11.7. The van der Waals surface area contributed by atoms with E-state index in [4.69, 9.17) is 16.2 Å². The van der Waals surface area contributed by atoms with Crippen LogP contribution in [-0.2, 0) is 10.2 Å². The van der Waals surface area contributed by atoms with Crippen molar-refractivity contribution < 1.29 is 34.3 Å². The first-order valence-corrected chi connectivity index (χ1v) is 14.2. The number of nitrogens with two attached hydrogens (primary N) is 2. The minimum atomic E-state index is -2.64. The van der Waals surface area contributed by atoms with Gasteiger partial charge in [0.05, 0.1) is 25.3 Å². The number of hydrogen-bond acceptors (Lipinski definition) is 11. The molecule has 226 valence electrons. The molecule has 0 radical (unpaired) electrons. The Morgan fingerprint density at radius 2 is 2.05 bits per heavy atom. The van der Waals surface area contributed by atoms with Crippen molar-refractivity contribution in [2.45, 2.75) is 68.6 Å². The van der Waals surface area contributed by atoms with Gasteiger partial charge in [-0.05, 0) is 24.3 Å². The number of benzene rings is 1. The lowest BCUT2D eigenvalue weighted by molar-refractivity contribution is -0.521. The molecule has 0 bridgehead atoms. The Bertz CT molecular complexity index is 1410. The Kier molecular flexibility index (Phi) is 6.31. The molecule has 0 aliphatic carbocycles. The van der Waals surface area contributed by atoms with E-state index >= 15 is 0 Å². The maximum atomic E-state index is 13.6. The largest absolute Gasteiger partial charge is 0.492 e. The second kappa shape index (κ2) is 9.46. The molecule has 1 aromatic carbocycles. The second-order valence-corrected chi connectivity index (χ2v) is 12.2. The second-order valence-electron chi connectivity index (χ2n) is 12.2. The summed E-state index contributed by atoms with van der Waals surface area (Å²) in [5.74, 6) is -3.13. The predicted molar refractivity (Wildman–Crippen MR) is 149 cm³/mol. The monoisotopic (exact) mass is 584 g/mol. The molecule has 5 heterocycles. The van der Waals surface area contributed by atoms with Gasteiger partial charge in [-0.3, -0.25) is 30.1 Å². The first kappa shape index (κ1) is 28.0. The van der Waals surface area contributed by atoms with E-state index in [1.165, 1.54) is 9.80 Å². The van der Waals surface area contributed by atoms with Gasteiger partial charge >= 0.3 is 12.0 Å². The van der Waals surface area contributed by atoms with E-state index in [1.807, 2.05) is 13.0 Å². The molecule has 42 heavy (non-hydrogen) atoms. The van der Waals surface area contributed by atoms with Crippen LogP contribution in [0.3, 0.4) is 0 Å². The SMILES string of the molecule is CCCN1CC(=O)N(C[C@@H]2N=C(N)N3CC(NC(=O)c4cccc5c4OCCC5(C)C)C(O)(O)[C@@]34NC(N)=[NH+][C@@H]24)C1=O. The minimum Gasteiger partial charge on any atom is -0.492 e. The number of aliphatic imine (C=N–C) groups is 1. The number of amides is 4. The van der Waals surface area contributed by atoms with Gasteiger partial charge in [-0.1, -0.05) is 32.9 Å². The van der Waals surface area contributed by atoms with Crippen LogP contribution in [0.15, 0.2) is 23.2 Å². The summed E-state index contributed by atoms with van der Waals surface area (Å²) in [6, 6.07) is 1.83. The molecule has 1 spiro atoms. The van der Waals surface area contributed by atoms with Gasteiger partial charge in [-0.25, -0.2) is 15.1 Å². The molecule has 1 unspecified atom stereocenters. The van der Waals surface area contributed by atoms with Crippen LogP contribution in [0.5, 0.6) is 5.75 Å². The molecule has 4 amide bonds. The third-order valence-electron chi connectivity index (χ3n) is 9.14.